The molecular weight excluding hydrogens is 324 g/mol. The first-order valence-electron chi connectivity index (χ1n) is 6.22. The topological polar surface area (TPSA) is 53.6 Å². The molecule has 0 radical (unpaired) electrons. The van der Waals surface area contributed by atoms with Crippen LogP contribution in [-0.4, -0.2) is 21.5 Å². The summed E-state index contributed by atoms with van der Waals surface area (Å²) in [5.41, 5.74) is 3.26. The normalized spacial score (nSPS) is 14.4. The smallest absolute Gasteiger partial charge is 0.199 e. The average Bonchev–Trinajstić information content (AvgIpc) is 2.63. The van der Waals surface area contributed by atoms with Gasteiger partial charge in [-0.25, -0.2) is 4.98 Å². The van der Waals surface area contributed by atoms with E-state index in [0.717, 1.165) is 47.4 Å². The Morgan fingerprint density at radius 1 is 1.26 bits per heavy atom. The van der Waals surface area contributed by atoms with Gasteiger partial charge in [0.25, 0.3) is 0 Å². The highest BCUT2D eigenvalue weighted by molar-refractivity contribution is 9.10. The summed E-state index contributed by atoms with van der Waals surface area (Å²) in [5.74, 6) is 0.913. The van der Waals surface area contributed by atoms with Crippen LogP contribution in [0.4, 0.5) is 5.82 Å². The lowest BCUT2D eigenvalue weighted by Gasteiger charge is -2.12. The molecule has 1 aliphatic rings. The number of aromatic amines is 1. The van der Waals surface area contributed by atoms with Crippen LogP contribution in [-0.2, 0) is 6.42 Å². The first-order valence-corrected chi connectivity index (χ1v) is 7.42. The van der Waals surface area contributed by atoms with Gasteiger partial charge in [-0.1, -0.05) is 0 Å². The Morgan fingerprint density at radius 3 is 3.00 bits per heavy atom. The van der Waals surface area contributed by atoms with Gasteiger partial charge in [0, 0.05) is 34.5 Å². The molecule has 2 N–H and O–H groups in total. The molecule has 0 saturated heterocycles. The standard InChI is InChI=1S/C13H13BrN4S/c14-9-5-8(6-15-7-9)11-10-3-1-2-4-16-12(10)18-13(19)17-11/h5-7H,1-4H2,(H2,16,17,18,19). The summed E-state index contributed by atoms with van der Waals surface area (Å²) in [6.45, 7) is 0.953. The highest BCUT2D eigenvalue weighted by atomic mass is 79.9. The third-order valence-corrected chi connectivity index (χ3v) is 3.80. The number of hydrogen-bond acceptors (Lipinski definition) is 4. The van der Waals surface area contributed by atoms with Gasteiger partial charge in [0.15, 0.2) is 4.77 Å². The predicted octanol–water partition coefficient (Wildman–Crippen LogP) is 3.71. The fourth-order valence-electron chi connectivity index (χ4n) is 2.32. The Kier molecular flexibility index (Phi) is 3.61. The minimum atomic E-state index is 0.503. The number of nitrogens with zero attached hydrogens (tertiary/aromatic N) is 2. The number of anilines is 1. The van der Waals surface area contributed by atoms with Crippen LogP contribution < -0.4 is 5.32 Å². The van der Waals surface area contributed by atoms with Gasteiger partial charge in [0.2, 0.25) is 0 Å². The van der Waals surface area contributed by atoms with Crippen molar-refractivity contribution in [1.82, 2.24) is 15.0 Å². The van der Waals surface area contributed by atoms with E-state index in [9.17, 15) is 0 Å². The Balaban J connectivity index is 2.20. The van der Waals surface area contributed by atoms with E-state index in [-0.39, 0.29) is 0 Å². The molecule has 2 aromatic rings. The maximum Gasteiger partial charge on any atom is 0.199 e. The van der Waals surface area contributed by atoms with Crippen LogP contribution in [0.25, 0.3) is 11.3 Å². The van der Waals surface area contributed by atoms with Crippen molar-refractivity contribution in [1.29, 1.82) is 0 Å². The first kappa shape index (κ1) is 12.7. The molecule has 4 nitrogen and oxygen atoms in total. The maximum absolute atomic E-state index is 5.22. The molecule has 0 amide bonds. The fourth-order valence-corrected chi connectivity index (χ4v) is 2.87. The van der Waals surface area contributed by atoms with E-state index in [1.54, 1.807) is 6.20 Å². The predicted molar refractivity (Wildman–Crippen MR) is 81.8 cm³/mol. The van der Waals surface area contributed by atoms with Gasteiger partial charge in [-0.2, -0.15) is 0 Å². The van der Waals surface area contributed by atoms with Crippen LogP contribution in [0, 0.1) is 4.77 Å². The fraction of sp³-hybridized carbons (Fsp3) is 0.308. The van der Waals surface area contributed by atoms with E-state index in [1.807, 2.05) is 12.3 Å². The summed E-state index contributed by atoms with van der Waals surface area (Å²) in [6, 6.07) is 2.04. The summed E-state index contributed by atoms with van der Waals surface area (Å²) < 4.78 is 1.46. The highest BCUT2D eigenvalue weighted by Gasteiger charge is 2.15. The van der Waals surface area contributed by atoms with E-state index < -0.39 is 0 Å². The molecule has 0 saturated carbocycles. The lowest BCUT2D eigenvalue weighted by Crippen LogP contribution is -2.05. The van der Waals surface area contributed by atoms with Crippen LogP contribution >= 0.6 is 28.1 Å². The van der Waals surface area contributed by atoms with Gasteiger partial charge >= 0.3 is 0 Å². The molecule has 0 bridgehead atoms. The zero-order valence-corrected chi connectivity index (χ0v) is 12.6. The van der Waals surface area contributed by atoms with Crippen molar-refractivity contribution in [2.45, 2.75) is 19.3 Å². The molecular formula is C13H13BrN4S. The lowest BCUT2D eigenvalue weighted by atomic mass is 10.0. The van der Waals surface area contributed by atoms with Crippen molar-refractivity contribution in [3.8, 4) is 11.3 Å². The monoisotopic (exact) mass is 336 g/mol. The number of hydrogen-bond donors (Lipinski definition) is 2. The molecule has 0 spiro atoms. The largest absolute Gasteiger partial charge is 0.370 e. The van der Waals surface area contributed by atoms with E-state index in [0.29, 0.717) is 4.77 Å². The molecule has 3 rings (SSSR count). The quantitative estimate of drug-likeness (QED) is 0.779. The van der Waals surface area contributed by atoms with Gasteiger partial charge < -0.3 is 10.3 Å². The van der Waals surface area contributed by atoms with Gasteiger partial charge in [0.05, 0.1) is 5.69 Å². The molecule has 6 heteroatoms. The molecule has 0 atom stereocenters. The van der Waals surface area contributed by atoms with Crippen LogP contribution in [0.2, 0.25) is 0 Å². The lowest BCUT2D eigenvalue weighted by molar-refractivity contribution is 0.785. The third kappa shape index (κ3) is 2.69. The summed E-state index contributed by atoms with van der Waals surface area (Å²) in [4.78, 5) is 11.8. The number of fused-ring (bicyclic) bond motifs is 1. The molecule has 2 aromatic heterocycles. The SMILES string of the molecule is S=c1nc2c(c(-c3cncc(Br)c3)[nH]1)CCCCN2. The van der Waals surface area contributed by atoms with Crippen molar-refractivity contribution in [3.05, 3.63) is 33.3 Å². The molecule has 0 aromatic carbocycles. The highest BCUT2D eigenvalue weighted by Crippen LogP contribution is 2.29. The Labute approximate surface area is 124 Å². The van der Waals surface area contributed by atoms with Gasteiger partial charge in [-0.15, -0.1) is 0 Å². The summed E-state index contributed by atoms with van der Waals surface area (Å²) in [5, 5.41) is 3.36. The first-order chi connectivity index (χ1) is 9.24. The molecule has 0 unspecified atom stereocenters. The second kappa shape index (κ2) is 5.38. The Bertz CT molecular complexity index is 668. The third-order valence-electron chi connectivity index (χ3n) is 3.17. The summed E-state index contributed by atoms with van der Waals surface area (Å²) in [7, 11) is 0. The molecule has 19 heavy (non-hydrogen) atoms. The number of rotatable bonds is 1. The minimum Gasteiger partial charge on any atom is -0.370 e. The van der Waals surface area contributed by atoms with Crippen LogP contribution in [0.1, 0.15) is 18.4 Å². The number of pyridine rings is 1. The van der Waals surface area contributed by atoms with Crippen LogP contribution in [0.15, 0.2) is 22.9 Å². The zero-order valence-electron chi connectivity index (χ0n) is 10.2. The molecule has 0 fully saturated rings. The van der Waals surface area contributed by atoms with Gasteiger partial charge in [0.1, 0.15) is 5.82 Å². The molecule has 1 aliphatic heterocycles. The second-order valence-corrected chi connectivity index (χ2v) is 5.82. The van der Waals surface area contributed by atoms with Gasteiger partial charge in [-0.3, -0.25) is 4.98 Å². The molecule has 3 heterocycles. The second-order valence-electron chi connectivity index (χ2n) is 4.52. The van der Waals surface area contributed by atoms with Crippen LogP contribution in [0.3, 0.4) is 0 Å². The molecule has 98 valence electrons. The van der Waals surface area contributed by atoms with Crippen molar-refractivity contribution in [2.75, 3.05) is 11.9 Å². The van der Waals surface area contributed by atoms with Crippen molar-refractivity contribution < 1.29 is 0 Å². The zero-order chi connectivity index (χ0) is 13.2. The average molecular weight is 337 g/mol. The van der Waals surface area contributed by atoms with Gasteiger partial charge in [-0.05, 0) is 53.5 Å². The number of aromatic nitrogens is 3. The Morgan fingerprint density at radius 2 is 2.16 bits per heavy atom. The van der Waals surface area contributed by atoms with Crippen molar-refractivity contribution in [2.24, 2.45) is 0 Å². The van der Waals surface area contributed by atoms with Crippen molar-refractivity contribution >= 4 is 34.0 Å². The summed E-state index contributed by atoms with van der Waals surface area (Å²) >= 11 is 8.68. The number of nitrogens with one attached hydrogen (secondary N) is 2. The number of halogens is 1. The van der Waals surface area contributed by atoms with E-state index in [2.05, 4.69) is 36.2 Å². The Hall–Kier alpha value is -1.27. The van der Waals surface area contributed by atoms with Crippen LogP contribution in [0.5, 0.6) is 0 Å². The van der Waals surface area contributed by atoms with E-state index in [1.165, 1.54) is 5.56 Å². The minimum absolute atomic E-state index is 0.503. The molecule has 0 aliphatic carbocycles. The maximum atomic E-state index is 5.22. The summed E-state index contributed by atoms with van der Waals surface area (Å²) in [6.07, 6.45) is 6.93. The van der Waals surface area contributed by atoms with E-state index >= 15 is 0 Å². The van der Waals surface area contributed by atoms with Crippen molar-refractivity contribution in [3.63, 3.8) is 0 Å². The van der Waals surface area contributed by atoms with E-state index in [4.69, 9.17) is 12.2 Å². The number of H-pyrrole nitrogens is 1.